The number of benzene rings is 2. The molecule has 0 bridgehead atoms. The van der Waals surface area contributed by atoms with Crippen LogP contribution in [-0.4, -0.2) is 17.4 Å². The van der Waals surface area contributed by atoms with Crippen LogP contribution in [0.25, 0.3) is 11.3 Å². The summed E-state index contributed by atoms with van der Waals surface area (Å²) >= 11 is 13.7. The van der Waals surface area contributed by atoms with Crippen LogP contribution in [-0.2, 0) is 0 Å². The lowest BCUT2D eigenvalue weighted by molar-refractivity contribution is 0.842. The molecule has 0 unspecified atom stereocenters. The van der Waals surface area contributed by atoms with E-state index in [0.29, 0.717) is 15.6 Å². The molecule has 0 saturated carbocycles. The monoisotopic (exact) mass is 400 g/mol. The normalized spacial score (nSPS) is 12.3. The Morgan fingerprint density at radius 1 is 1.12 bits per heavy atom. The van der Waals surface area contributed by atoms with Crippen LogP contribution in [0.4, 0.5) is 0 Å². The van der Waals surface area contributed by atoms with Gasteiger partial charge in [0.15, 0.2) is 0 Å². The molecule has 1 heterocycles. The molecule has 0 N–H and O–H groups in total. The highest BCUT2D eigenvalue weighted by atomic mass is 35.5. The van der Waals surface area contributed by atoms with Crippen molar-refractivity contribution in [1.29, 1.82) is 5.26 Å². The van der Waals surface area contributed by atoms with Gasteiger partial charge in [0, 0.05) is 18.0 Å². The number of hydrogen-bond acceptors (Lipinski definition) is 4. The Labute approximate surface area is 165 Å². The summed E-state index contributed by atoms with van der Waals surface area (Å²) in [7, 11) is 1.73. The van der Waals surface area contributed by atoms with Gasteiger partial charge in [-0.05, 0) is 36.8 Å². The maximum absolute atomic E-state index is 8.93. The molecule has 0 saturated heterocycles. The van der Waals surface area contributed by atoms with Crippen molar-refractivity contribution < 1.29 is 0 Å². The molecule has 3 aromatic rings. The lowest BCUT2D eigenvalue weighted by atomic mass is 10.1. The van der Waals surface area contributed by atoms with Crippen LogP contribution >= 0.6 is 34.5 Å². The first-order valence-corrected chi connectivity index (χ1v) is 9.32. The number of rotatable bonds is 3. The average molecular weight is 401 g/mol. The Bertz CT molecular complexity index is 1090. The molecule has 2 aromatic carbocycles. The van der Waals surface area contributed by atoms with Gasteiger partial charge in [0.25, 0.3) is 0 Å². The molecule has 0 spiro atoms. The van der Waals surface area contributed by atoms with Gasteiger partial charge in [0.2, 0.25) is 4.80 Å². The van der Waals surface area contributed by atoms with Gasteiger partial charge in [-0.2, -0.15) is 10.4 Å². The number of nitrogens with zero attached hydrogens (tertiary/aromatic N) is 4. The summed E-state index contributed by atoms with van der Waals surface area (Å²) in [5.74, 6) is 0. The van der Waals surface area contributed by atoms with Gasteiger partial charge in [-0.3, -0.25) is 4.99 Å². The van der Waals surface area contributed by atoms with Crippen molar-refractivity contribution in [3.63, 3.8) is 0 Å². The molecule has 1 aromatic heterocycles. The first-order chi connectivity index (χ1) is 12.5. The van der Waals surface area contributed by atoms with Gasteiger partial charge in [-0.25, -0.2) is 4.68 Å². The molecule has 0 fully saturated rings. The Kier molecular flexibility index (Phi) is 5.58. The van der Waals surface area contributed by atoms with Gasteiger partial charge in [-0.15, -0.1) is 11.3 Å². The second-order valence-electron chi connectivity index (χ2n) is 5.44. The van der Waals surface area contributed by atoms with E-state index in [4.69, 9.17) is 33.6 Å². The fraction of sp³-hybridized carbons (Fsp3) is 0.105. The molecule has 0 aliphatic rings. The minimum Gasteiger partial charge on any atom is -0.261 e. The highest BCUT2D eigenvalue weighted by Crippen LogP contribution is 2.29. The highest BCUT2D eigenvalue weighted by molar-refractivity contribution is 7.07. The first kappa shape index (κ1) is 18.4. The van der Waals surface area contributed by atoms with E-state index in [0.717, 1.165) is 27.3 Å². The van der Waals surface area contributed by atoms with E-state index in [-0.39, 0.29) is 0 Å². The third-order valence-electron chi connectivity index (χ3n) is 3.77. The van der Waals surface area contributed by atoms with Crippen LogP contribution in [0.2, 0.25) is 10.0 Å². The van der Waals surface area contributed by atoms with Gasteiger partial charge in [0.05, 0.1) is 33.1 Å². The van der Waals surface area contributed by atoms with Gasteiger partial charge in [0.1, 0.15) is 0 Å². The third kappa shape index (κ3) is 3.73. The zero-order valence-electron chi connectivity index (χ0n) is 14.1. The topological polar surface area (TPSA) is 53.4 Å². The van der Waals surface area contributed by atoms with E-state index in [9.17, 15) is 0 Å². The Morgan fingerprint density at radius 2 is 1.85 bits per heavy atom. The number of nitriles is 1. The van der Waals surface area contributed by atoms with E-state index in [2.05, 4.69) is 11.1 Å². The molecule has 0 radical (unpaired) electrons. The Morgan fingerprint density at radius 3 is 2.46 bits per heavy atom. The molecular formula is C19H14Cl2N4S. The van der Waals surface area contributed by atoms with E-state index >= 15 is 0 Å². The van der Waals surface area contributed by atoms with Crippen LogP contribution < -0.4 is 4.80 Å². The Balaban J connectivity index is 2.10. The smallest absolute Gasteiger partial charge is 0.205 e. The Hall–Kier alpha value is -2.39. The summed E-state index contributed by atoms with van der Waals surface area (Å²) < 4.78 is 1.79. The van der Waals surface area contributed by atoms with Crippen LogP contribution in [0.3, 0.4) is 0 Å². The minimum atomic E-state index is 0.490. The van der Waals surface area contributed by atoms with Crippen LogP contribution in [0.15, 0.2) is 57.9 Å². The van der Waals surface area contributed by atoms with Crippen molar-refractivity contribution in [2.75, 3.05) is 7.05 Å². The summed E-state index contributed by atoms with van der Waals surface area (Å²) in [6.45, 7) is 1.92. The minimum absolute atomic E-state index is 0.490. The fourth-order valence-electron chi connectivity index (χ4n) is 2.39. The first-order valence-electron chi connectivity index (χ1n) is 7.68. The molecule has 0 amide bonds. The van der Waals surface area contributed by atoms with Crippen molar-refractivity contribution in [2.24, 2.45) is 10.1 Å². The molecule has 7 heteroatoms. The van der Waals surface area contributed by atoms with Gasteiger partial charge < -0.3 is 0 Å². The third-order valence-corrected chi connectivity index (χ3v) is 5.42. The maximum Gasteiger partial charge on any atom is 0.205 e. The van der Waals surface area contributed by atoms with Crippen molar-refractivity contribution in [3.05, 3.63) is 73.8 Å². The second-order valence-corrected chi connectivity index (χ2v) is 7.09. The van der Waals surface area contributed by atoms with Crippen LogP contribution in [0.1, 0.15) is 18.1 Å². The molecule has 26 heavy (non-hydrogen) atoms. The molecule has 0 aliphatic heterocycles. The van der Waals surface area contributed by atoms with Crippen molar-refractivity contribution in [3.8, 4) is 17.3 Å². The molecular weight excluding hydrogens is 387 g/mol. The largest absolute Gasteiger partial charge is 0.261 e. The summed E-state index contributed by atoms with van der Waals surface area (Å²) in [4.78, 5) is 5.07. The van der Waals surface area contributed by atoms with Crippen molar-refractivity contribution >= 4 is 40.3 Å². The standard InChI is InChI=1S/C19H14Cl2N4S/c1-12(14-5-3-13(10-22)4-6-14)24-25-18(11-26-19(25)23-2)15-7-8-16(20)17(21)9-15/h3-9,11H,1-2H3. The lowest BCUT2D eigenvalue weighted by Crippen LogP contribution is -2.13. The number of thiazole rings is 1. The quantitative estimate of drug-likeness (QED) is 0.557. The van der Waals surface area contributed by atoms with Crippen LogP contribution in [0.5, 0.6) is 0 Å². The van der Waals surface area contributed by atoms with E-state index in [1.807, 2.05) is 36.6 Å². The molecule has 130 valence electrons. The number of halogens is 2. The summed E-state index contributed by atoms with van der Waals surface area (Å²) in [5, 5.41) is 16.6. The SMILES string of the molecule is CN=c1scc(-c2ccc(Cl)c(Cl)c2)n1N=C(C)c1ccc(C#N)cc1. The van der Waals surface area contributed by atoms with E-state index in [1.165, 1.54) is 11.3 Å². The van der Waals surface area contributed by atoms with E-state index < -0.39 is 0 Å². The number of hydrogen-bond donors (Lipinski definition) is 0. The number of aromatic nitrogens is 1. The zero-order valence-corrected chi connectivity index (χ0v) is 16.4. The fourth-order valence-corrected chi connectivity index (χ4v) is 3.49. The zero-order chi connectivity index (χ0) is 18.7. The molecule has 3 rings (SSSR count). The van der Waals surface area contributed by atoms with Gasteiger partial charge in [-0.1, -0.05) is 41.4 Å². The molecule has 0 aliphatic carbocycles. The highest BCUT2D eigenvalue weighted by Gasteiger charge is 2.10. The summed E-state index contributed by atoms with van der Waals surface area (Å²) in [6, 6.07) is 14.9. The van der Waals surface area contributed by atoms with E-state index in [1.54, 1.807) is 29.9 Å². The average Bonchev–Trinajstić information content (AvgIpc) is 3.06. The van der Waals surface area contributed by atoms with Crippen molar-refractivity contribution in [1.82, 2.24) is 4.68 Å². The van der Waals surface area contributed by atoms with Crippen LogP contribution in [0, 0.1) is 11.3 Å². The predicted molar refractivity (Wildman–Crippen MR) is 108 cm³/mol. The van der Waals surface area contributed by atoms with Crippen molar-refractivity contribution in [2.45, 2.75) is 6.92 Å². The molecule has 0 atom stereocenters. The summed E-state index contributed by atoms with van der Waals surface area (Å²) in [6.07, 6.45) is 0. The summed E-state index contributed by atoms with van der Waals surface area (Å²) in [5.41, 5.74) is 4.14. The van der Waals surface area contributed by atoms with Gasteiger partial charge >= 0.3 is 0 Å². The lowest BCUT2D eigenvalue weighted by Gasteiger charge is -2.07. The predicted octanol–water partition coefficient (Wildman–Crippen LogP) is 5.20. The maximum atomic E-state index is 8.93. The second kappa shape index (κ2) is 7.88. The molecule has 4 nitrogen and oxygen atoms in total.